The molecule has 0 amide bonds. The minimum Gasteiger partial charge on any atom is -0.456 e. The van der Waals surface area contributed by atoms with Gasteiger partial charge >= 0.3 is 0 Å². The Hall–Kier alpha value is -2.84. The Kier molecular flexibility index (Phi) is 3.65. The lowest BCUT2D eigenvalue weighted by Gasteiger charge is -2.08. The van der Waals surface area contributed by atoms with Crippen LogP contribution in [0, 0.1) is 0 Å². The van der Waals surface area contributed by atoms with E-state index in [2.05, 4.69) is 82.7 Å². The number of fused-ring (bicyclic) bond motifs is 3. The molecule has 2 heteroatoms. The minimum absolute atomic E-state index is 0.923. The zero-order chi connectivity index (χ0) is 17.5. The molecule has 0 saturated carbocycles. The summed E-state index contributed by atoms with van der Waals surface area (Å²) in [5.41, 5.74) is 6.57. The molecule has 0 spiro atoms. The lowest BCUT2D eigenvalue weighted by atomic mass is 9.99. The quantitative estimate of drug-likeness (QED) is 0.297. The second-order valence-electron chi connectivity index (χ2n) is 6.37. The molecule has 124 valence electrons. The summed E-state index contributed by atoms with van der Waals surface area (Å²) in [7, 11) is 0. The molecule has 5 rings (SSSR count). The van der Waals surface area contributed by atoms with E-state index >= 15 is 0 Å². The molecule has 0 aliphatic rings. The SMILES string of the molecule is Brc1cc(-c2ccc3c(c2)oc2ccccc23)ccc1-c1ccccc1. The van der Waals surface area contributed by atoms with Crippen LogP contribution in [-0.2, 0) is 0 Å². The van der Waals surface area contributed by atoms with E-state index in [0.29, 0.717) is 0 Å². The lowest BCUT2D eigenvalue weighted by molar-refractivity contribution is 0.669. The van der Waals surface area contributed by atoms with Crippen LogP contribution in [0.4, 0.5) is 0 Å². The Labute approximate surface area is 160 Å². The summed E-state index contributed by atoms with van der Waals surface area (Å²) < 4.78 is 7.11. The molecule has 0 bridgehead atoms. The minimum atomic E-state index is 0.923. The summed E-state index contributed by atoms with van der Waals surface area (Å²) in [5, 5.41) is 2.32. The maximum absolute atomic E-state index is 6.03. The maximum atomic E-state index is 6.03. The van der Waals surface area contributed by atoms with E-state index < -0.39 is 0 Å². The van der Waals surface area contributed by atoms with Gasteiger partial charge in [0.05, 0.1) is 0 Å². The lowest BCUT2D eigenvalue weighted by Crippen LogP contribution is -1.83. The predicted octanol–water partition coefficient (Wildman–Crippen LogP) is 7.68. The van der Waals surface area contributed by atoms with Gasteiger partial charge in [-0.3, -0.25) is 0 Å². The average Bonchev–Trinajstić information content (AvgIpc) is 3.06. The maximum Gasteiger partial charge on any atom is 0.136 e. The van der Waals surface area contributed by atoms with E-state index in [1.165, 1.54) is 16.7 Å². The standard InChI is InChI=1S/C24H15BrO/c25-22-14-17(10-12-19(22)16-6-2-1-3-7-16)18-11-13-21-20-8-4-5-9-23(20)26-24(21)15-18/h1-15H. The number of furan rings is 1. The number of hydrogen-bond donors (Lipinski definition) is 0. The third-order valence-corrected chi connectivity index (χ3v) is 5.42. The van der Waals surface area contributed by atoms with Gasteiger partial charge in [-0.1, -0.05) is 82.7 Å². The molecule has 0 radical (unpaired) electrons. The Balaban J connectivity index is 1.61. The van der Waals surface area contributed by atoms with E-state index in [0.717, 1.165) is 32.0 Å². The zero-order valence-corrected chi connectivity index (χ0v) is 15.5. The van der Waals surface area contributed by atoms with Crippen LogP contribution in [0.15, 0.2) is 99.9 Å². The van der Waals surface area contributed by atoms with Gasteiger partial charge in [0.25, 0.3) is 0 Å². The summed E-state index contributed by atoms with van der Waals surface area (Å²) >= 11 is 3.74. The number of rotatable bonds is 2. The van der Waals surface area contributed by atoms with E-state index in [9.17, 15) is 0 Å². The van der Waals surface area contributed by atoms with E-state index in [4.69, 9.17) is 4.42 Å². The molecular weight excluding hydrogens is 384 g/mol. The zero-order valence-electron chi connectivity index (χ0n) is 13.9. The number of benzene rings is 4. The van der Waals surface area contributed by atoms with Crippen molar-refractivity contribution in [2.45, 2.75) is 0 Å². The van der Waals surface area contributed by atoms with Gasteiger partial charge in [-0.2, -0.15) is 0 Å². The molecule has 4 aromatic carbocycles. The highest BCUT2D eigenvalue weighted by Crippen LogP contribution is 2.35. The van der Waals surface area contributed by atoms with Crippen molar-refractivity contribution in [2.24, 2.45) is 0 Å². The molecule has 0 N–H and O–H groups in total. The van der Waals surface area contributed by atoms with Crippen LogP contribution in [-0.4, -0.2) is 0 Å². The average molecular weight is 399 g/mol. The van der Waals surface area contributed by atoms with Gasteiger partial charge in [-0.05, 0) is 46.5 Å². The highest BCUT2D eigenvalue weighted by atomic mass is 79.9. The Bertz CT molecular complexity index is 1240. The Morgan fingerprint density at radius 1 is 0.538 bits per heavy atom. The van der Waals surface area contributed by atoms with Crippen molar-refractivity contribution in [2.75, 3.05) is 0 Å². The Morgan fingerprint density at radius 2 is 1.23 bits per heavy atom. The smallest absolute Gasteiger partial charge is 0.136 e. The van der Waals surface area contributed by atoms with Gasteiger partial charge < -0.3 is 4.42 Å². The van der Waals surface area contributed by atoms with Crippen molar-refractivity contribution in [3.63, 3.8) is 0 Å². The molecule has 0 saturated heterocycles. The van der Waals surface area contributed by atoms with Crippen molar-refractivity contribution < 1.29 is 4.42 Å². The third kappa shape index (κ3) is 2.54. The van der Waals surface area contributed by atoms with Crippen molar-refractivity contribution in [3.05, 3.63) is 95.5 Å². The highest BCUT2D eigenvalue weighted by Gasteiger charge is 2.09. The molecule has 0 aliphatic carbocycles. The van der Waals surface area contributed by atoms with Crippen LogP contribution >= 0.6 is 15.9 Å². The summed E-state index contributed by atoms with van der Waals surface area (Å²) in [6.45, 7) is 0. The molecule has 0 aliphatic heterocycles. The summed E-state index contributed by atoms with van der Waals surface area (Å²) in [6.07, 6.45) is 0. The number of hydrogen-bond acceptors (Lipinski definition) is 1. The van der Waals surface area contributed by atoms with Gasteiger partial charge in [0.2, 0.25) is 0 Å². The van der Waals surface area contributed by atoms with Gasteiger partial charge in [0, 0.05) is 15.2 Å². The van der Waals surface area contributed by atoms with Gasteiger partial charge in [0.15, 0.2) is 0 Å². The summed E-state index contributed by atoms with van der Waals surface area (Å²) in [4.78, 5) is 0. The molecule has 1 aromatic heterocycles. The second kappa shape index (κ2) is 6.15. The first-order valence-electron chi connectivity index (χ1n) is 8.56. The molecular formula is C24H15BrO. The molecule has 1 heterocycles. The van der Waals surface area contributed by atoms with E-state index in [-0.39, 0.29) is 0 Å². The molecule has 0 atom stereocenters. The van der Waals surface area contributed by atoms with Crippen molar-refractivity contribution in [3.8, 4) is 22.3 Å². The predicted molar refractivity (Wildman–Crippen MR) is 112 cm³/mol. The van der Waals surface area contributed by atoms with E-state index in [1.807, 2.05) is 24.3 Å². The molecule has 5 aromatic rings. The largest absolute Gasteiger partial charge is 0.456 e. The fourth-order valence-electron chi connectivity index (χ4n) is 3.45. The van der Waals surface area contributed by atoms with Crippen LogP contribution in [0.5, 0.6) is 0 Å². The summed E-state index contributed by atoms with van der Waals surface area (Å²) in [6, 6.07) is 31.5. The topological polar surface area (TPSA) is 13.1 Å². The Morgan fingerprint density at radius 3 is 2.08 bits per heavy atom. The van der Waals surface area contributed by atoms with Crippen LogP contribution in [0.1, 0.15) is 0 Å². The van der Waals surface area contributed by atoms with Crippen LogP contribution in [0.25, 0.3) is 44.2 Å². The fourth-order valence-corrected chi connectivity index (χ4v) is 4.06. The fraction of sp³-hybridized carbons (Fsp3) is 0. The van der Waals surface area contributed by atoms with Crippen LogP contribution in [0.3, 0.4) is 0 Å². The van der Waals surface area contributed by atoms with Crippen LogP contribution < -0.4 is 0 Å². The molecule has 1 nitrogen and oxygen atoms in total. The molecule has 26 heavy (non-hydrogen) atoms. The summed E-state index contributed by atoms with van der Waals surface area (Å²) in [5.74, 6) is 0. The normalized spacial score (nSPS) is 11.3. The van der Waals surface area contributed by atoms with E-state index in [1.54, 1.807) is 0 Å². The first-order chi connectivity index (χ1) is 12.8. The van der Waals surface area contributed by atoms with Gasteiger partial charge in [-0.15, -0.1) is 0 Å². The molecule has 0 unspecified atom stereocenters. The van der Waals surface area contributed by atoms with Crippen LogP contribution in [0.2, 0.25) is 0 Å². The van der Waals surface area contributed by atoms with Crippen molar-refractivity contribution in [1.82, 2.24) is 0 Å². The first kappa shape index (κ1) is 15.4. The van der Waals surface area contributed by atoms with Crippen molar-refractivity contribution in [1.29, 1.82) is 0 Å². The van der Waals surface area contributed by atoms with Gasteiger partial charge in [0.1, 0.15) is 11.2 Å². The number of halogens is 1. The second-order valence-corrected chi connectivity index (χ2v) is 7.22. The first-order valence-corrected chi connectivity index (χ1v) is 9.35. The van der Waals surface area contributed by atoms with Gasteiger partial charge in [-0.25, -0.2) is 0 Å². The number of para-hydroxylation sites is 1. The monoisotopic (exact) mass is 398 g/mol. The van der Waals surface area contributed by atoms with Crippen molar-refractivity contribution >= 4 is 37.9 Å². The molecule has 0 fully saturated rings. The third-order valence-electron chi connectivity index (χ3n) is 4.77. The highest BCUT2D eigenvalue weighted by molar-refractivity contribution is 9.10.